The van der Waals surface area contributed by atoms with Crippen LogP contribution in [-0.4, -0.2) is 20.1 Å². The lowest BCUT2D eigenvalue weighted by Crippen LogP contribution is -2.19. The van der Waals surface area contributed by atoms with Crippen LogP contribution in [0.2, 0.25) is 0 Å². The number of rotatable bonds is 5. The minimum Gasteiger partial charge on any atom is -0.320 e. The summed E-state index contributed by atoms with van der Waals surface area (Å²) in [6.45, 7) is 1.74. The molecule has 0 radical (unpaired) electrons. The second-order valence-electron chi connectivity index (χ2n) is 5.02. The van der Waals surface area contributed by atoms with E-state index in [1.54, 1.807) is 4.31 Å². The van der Waals surface area contributed by atoms with Crippen molar-refractivity contribution in [1.29, 1.82) is 0 Å². The monoisotopic (exact) mass is 321 g/mol. The molecule has 0 fully saturated rings. The fourth-order valence-electron chi connectivity index (χ4n) is 2.41. The molecule has 0 saturated carbocycles. The largest absolute Gasteiger partial charge is 0.320 e. The third-order valence-electron chi connectivity index (χ3n) is 3.46. The van der Waals surface area contributed by atoms with Crippen molar-refractivity contribution in [3.05, 3.63) is 54.1 Å². The normalized spacial score (nSPS) is 13.6. The van der Waals surface area contributed by atoms with Gasteiger partial charge >= 0.3 is 0 Å². The Bertz CT molecular complexity index is 666. The average molecular weight is 321 g/mol. The van der Waals surface area contributed by atoms with Crippen molar-refractivity contribution < 1.29 is 8.78 Å². The Morgan fingerprint density at radius 2 is 1.82 bits per heavy atom. The molecule has 0 amide bonds. The van der Waals surface area contributed by atoms with Crippen LogP contribution >= 0.6 is 12.1 Å². The van der Waals surface area contributed by atoms with Gasteiger partial charge in [0.05, 0.1) is 29.2 Å². The second-order valence-corrected chi connectivity index (χ2v) is 5.99. The number of hydrogen-bond donors (Lipinski definition) is 1. The third kappa shape index (κ3) is 2.89. The first-order valence-corrected chi connectivity index (χ1v) is 7.88. The Morgan fingerprint density at radius 3 is 2.59 bits per heavy atom. The zero-order valence-corrected chi connectivity index (χ0v) is 13.0. The van der Waals surface area contributed by atoms with Crippen LogP contribution in [0.3, 0.4) is 0 Å². The van der Waals surface area contributed by atoms with Crippen molar-refractivity contribution >= 4 is 29.2 Å². The molecule has 1 aliphatic rings. The smallest absolute Gasteiger partial charge is 0.148 e. The van der Waals surface area contributed by atoms with Crippen LogP contribution in [0.25, 0.3) is 0 Å². The van der Waals surface area contributed by atoms with E-state index in [0.717, 1.165) is 43.0 Å². The molecule has 2 aromatic rings. The maximum absolute atomic E-state index is 14.1. The van der Waals surface area contributed by atoms with Crippen LogP contribution in [0.15, 0.2) is 42.5 Å². The molecule has 116 valence electrons. The van der Waals surface area contributed by atoms with Crippen molar-refractivity contribution in [2.75, 3.05) is 28.7 Å². The number of anilines is 3. The zero-order chi connectivity index (χ0) is 15.5. The molecule has 0 aromatic heterocycles. The van der Waals surface area contributed by atoms with Crippen molar-refractivity contribution in [3.8, 4) is 0 Å². The highest BCUT2D eigenvalue weighted by atomic mass is 32.2. The standard InChI is InChI=1S/C16H17F2N3S/c1-19-9-4-10-20-14-5-2-3-6-15(14)21(22-20)16-11-12(17)7-8-13(16)18/h2-3,5-8,11,19H,4,9-10H2,1H3. The number of nitrogens with one attached hydrogen (secondary N) is 1. The molecule has 0 saturated heterocycles. The fraction of sp³-hybridized carbons (Fsp3) is 0.250. The lowest BCUT2D eigenvalue weighted by molar-refractivity contribution is 0.602. The van der Waals surface area contributed by atoms with Gasteiger partial charge in [-0.2, -0.15) is 0 Å². The second kappa shape index (κ2) is 6.54. The molecule has 0 bridgehead atoms. The van der Waals surface area contributed by atoms with Gasteiger partial charge in [0, 0.05) is 12.6 Å². The highest BCUT2D eigenvalue weighted by Gasteiger charge is 2.29. The maximum atomic E-state index is 14.1. The highest BCUT2D eigenvalue weighted by molar-refractivity contribution is 8.02. The Labute approximate surface area is 133 Å². The molecule has 22 heavy (non-hydrogen) atoms. The van der Waals surface area contributed by atoms with E-state index in [0.29, 0.717) is 0 Å². The topological polar surface area (TPSA) is 18.5 Å². The van der Waals surface area contributed by atoms with E-state index in [9.17, 15) is 8.78 Å². The van der Waals surface area contributed by atoms with Gasteiger partial charge in [0.15, 0.2) is 0 Å². The lowest BCUT2D eigenvalue weighted by Gasteiger charge is -2.20. The highest BCUT2D eigenvalue weighted by Crippen LogP contribution is 2.49. The Balaban J connectivity index is 1.92. The van der Waals surface area contributed by atoms with Crippen molar-refractivity contribution in [2.45, 2.75) is 6.42 Å². The third-order valence-corrected chi connectivity index (χ3v) is 4.60. The SMILES string of the molecule is CNCCCN1SN(c2cc(F)ccc2F)c2ccccc21. The minimum absolute atomic E-state index is 0.244. The first kappa shape index (κ1) is 15.1. The molecular formula is C16H17F2N3S. The van der Waals surface area contributed by atoms with E-state index in [2.05, 4.69) is 9.62 Å². The van der Waals surface area contributed by atoms with E-state index in [1.807, 2.05) is 31.3 Å². The number of fused-ring (bicyclic) bond motifs is 1. The average Bonchev–Trinajstić information content (AvgIpc) is 2.89. The number of nitrogens with zero attached hydrogens (tertiary/aromatic N) is 2. The van der Waals surface area contributed by atoms with Gasteiger partial charge in [-0.25, -0.2) is 8.78 Å². The molecule has 0 aliphatic carbocycles. The van der Waals surface area contributed by atoms with Gasteiger partial charge in [-0.15, -0.1) is 0 Å². The van der Waals surface area contributed by atoms with Crippen molar-refractivity contribution in [1.82, 2.24) is 5.32 Å². The van der Waals surface area contributed by atoms with Gasteiger partial charge < -0.3 is 5.32 Å². The molecule has 0 atom stereocenters. The summed E-state index contributed by atoms with van der Waals surface area (Å²) in [7, 11) is 1.92. The number of halogens is 2. The summed E-state index contributed by atoms with van der Waals surface area (Å²) >= 11 is 1.40. The summed E-state index contributed by atoms with van der Waals surface area (Å²) in [4.78, 5) is 0. The molecular weight excluding hydrogens is 304 g/mol. The van der Waals surface area contributed by atoms with E-state index in [1.165, 1.54) is 18.2 Å². The van der Waals surface area contributed by atoms with Gasteiger partial charge in [0.25, 0.3) is 0 Å². The van der Waals surface area contributed by atoms with Crippen LogP contribution < -0.4 is 13.9 Å². The predicted molar refractivity (Wildman–Crippen MR) is 88.4 cm³/mol. The summed E-state index contributed by atoms with van der Waals surface area (Å²) in [5, 5.41) is 3.12. The van der Waals surface area contributed by atoms with Gasteiger partial charge in [-0.1, -0.05) is 12.1 Å². The van der Waals surface area contributed by atoms with Crippen LogP contribution in [0.4, 0.5) is 25.8 Å². The van der Waals surface area contributed by atoms with E-state index < -0.39 is 11.6 Å². The van der Waals surface area contributed by atoms with E-state index in [4.69, 9.17) is 0 Å². The van der Waals surface area contributed by atoms with Crippen molar-refractivity contribution in [2.24, 2.45) is 0 Å². The minimum atomic E-state index is -0.442. The Hall–Kier alpha value is -1.79. The molecule has 1 aliphatic heterocycles. The van der Waals surface area contributed by atoms with E-state index in [-0.39, 0.29) is 5.69 Å². The molecule has 3 nitrogen and oxygen atoms in total. The van der Waals surface area contributed by atoms with Gasteiger partial charge in [0.2, 0.25) is 0 Å². The van der Waals surface area contributed by atoms with Gasteiger partial charge in [0.1, 0.15) is 11.6 Å². The predicted octanol–water partition coefficient (Wildman–Crippen LogP) is 4.10. The molecule has 2 aromatic carbocycles. The van der Waals surface area contributed by atoms with E-state index >= 15 is 0 Å². The maximum Gasteiger partial charge on any atom is 0.148 e. The Kier molecular flexibility index (Phi) is 4.49. The Morgan fingerprint density at radius 1 is 1.05 bits per heavy atom. The number of para-hydroxylation sites is 2. The molecule has 6 heteroatoms. The first-order chi connectivity index (χ1) is 10.7. The summed E-state index contributed by atoms with van der Waals surface area (Å²) in [5.74, 6) is -0.871. The first-order valence-electron chi connectivity index (χ1n) is 7.15. The summed E-state index contributed by atoms with van der Waals surface area (Å²) in [6, 6.07) is 11.3. The quantitative estimate of drug-likeness (QED) is 0.660. The molecule has 0 spiro atoms. The molecule has 1 N–H and O–H groups in total. The van der Waals surface area contributed by atoms with Gasteiger partial charge in [-0.3, -0.25) is 8.61 Å². The van der Waals surface area contributed by atoms with Crippen LogP contribution in [0.5, 0.6) is 0 Å². The zero-order valence-electron chi connectivity index (χ0n) is 12.2. The summed E-state index contributed by atoms with van der Waals surface area (Å²) < 4.78 is 31.4. The number of hydrogen-bond acceptors (Lipinski definition) is 4. The summed E-state index contributed by atoms with van der Waals surface area (Å²) in [6.07, 6.45) is 0.970. The van der Waals surface area contributed by atoms with Crippen LogP contribution in [0.1, 0.15) is 6.42 Å². The molecule has 0 unspecified atom stereocenters. The molecule has 3 rings (SSSR count). The lowest BCUT2D eigenvalue weighted by atomic mass is 10.2. The van der Waals surface area contributed by atoms with Crippen molar-refractivity contribution in [3.63, 3.8) is 0 Å². The van der Waals surface area contributed by atoms with Gasteiger partial charge in [-0.05, 0) is 44.3 Å². The number of benzene rings is 2. The van der Waals surface area contributed by atoms with Crippen LogP contribution in [-0.2, 0) is 0 Å². The van der Waals surface area contributed by atoms with Crippen LogP contribution in [0, 0.1) is 11.6 Å². The summed E-state index contributed by atoms with van der Waals surface area (Å²) in [5.41, 5.74) is 2.14. The molecule has 1 heterocycles. The fourth-order valence-corrected chi connectivity index (χ4v) is 3.53.